The summed E-state index contributed by atoms with van der Waals surface area (Å²) in [5.41, 5.74) is 1.95. The van der Waals surface area contributed by atoms with Gasteiger partial charge in [-0.15, -0.1) is 0 Å². The van der Waals surface area contributed by atoms with E-state index in [4.69, 9.17) is 13.9 Å². The number of ether oxygens (including phenoxy) is 2. The first-order valence-electron chi connectivity index (χ1n) is 9.38. The summed E-state index contributed by atoms with van der Waals surface area (Å²) in [5.74, 6) is 1.28. The predicted molar refractivity (Wildman–Crippen MR) is 110 cm³/mol. The number of aromatic amines is 1. The highest BCUT2D eigenvalue weighted by atomic mass is 19.1. The standard InChI is InChI=1S/C23H21FN2O4/c1-28-21-8-5-15(10-22(21)29-2)13-26(14-18-4-3-9-30-18)23(27)20-12-16-11-17(24)6-7-19(16)25-20/h3-12,25H,13-14H2,1-2H3. The third kappa shape index (κ3) is 4.00. The first-order valence-corrected chi connectivity index (χ1v) is 9.38. The number of fused-ring (bicyclic) bond motifs is 1. The van der Waals surface area contributed by atoms with Crippen molar-refractivity contribution in [1.82, 2.24) is 9.88 Å². The van der Waals surface area contributed by atoms with Crippen molar-refractivity contribution in [3.05, 3.63) is 83.7 Å². The predicted octanol–water partition coefficient (Wildman–Crippen LogP) is 4.76. The topological polar surface area (TPSA) is 67.7 Å². The third-order valence-corrected chi connectivity index (χ3v) is 4.85. The fourth-order valence-corrected chi connectivity index (χ4v) is 3.38. The van der Waals surface area contributed by atoms with Crippen molar-refractivity contribution < 1.29 is 23.1 Å². The van der Waals surface area contributed by atoms with E-state index in [2.05, 4.69) is 4.98 Å². The van der Waals surface area contributed by atoms with Gasteiger partial charge >= 0.3 is 0 Å². The summed E-state index contributed by atoms with van der Waals surface area (Å²) in [5, 5.41) is 0.641. The van der Waals surface area contributed by atoms with Crippen LogP contribution in [0.3, 0.4) is 0 Å². The number of carbonyl (C=O) groups is 1. The lowest BCUT2D eigenvalue weighted by Crippen LogP contribution is -2.30. The Morgan fingerprint density at radius 3 is 2.60 bits per heavy atom. The summed E-state index contributed by atoms with van der Waals surface area (Å²) in [6.45, 7) is 0.605. The van der Waals surface area contributed by atoms with E-state index in [0.717, 1.165) is 5.56 Å². The van der Waals surface area contributed by atoms with Crippen LogP contribution < -0.4 is 9.47 Å². The van der Waals surface area contributed by atoms with E-state index in [-0.39, 0.29) is 18.3 Å². The average molecular weight is 408 g/mol. The van der Waals surface area contributed by atoms with Gasteiger partial charge in [0.1, 0.15) is 17.3 Å². The Bertz CT molecular complexity index is 1170. The van der Waals surface area contributed by atoms with Gasteiger partial charge in [0.2, 0.25) is 0 Å². The number of furan rings is 1. The number of halogens is 1. The van der Waals surface area contributed by atoms with Gasteiger partial charge in [-0.05, 0) is 54.1 Å². The summed E-state index contributed by atoms with van der Waals surface area (Å²) in [7, 11) is 3.14. The lowest BCUT2D eigenvalue weighted by molar-refractivity contribution is 0.0712. The molecule has 4 rings (SSSR count). The molecule has 0 radical (unpaired) electrons. The molecule has 0 saturated heterocycles. The van der Waals surface area contributed by atoms with Crippen molar-refractivity contribution in [2.24, 2.45) is 0 Å². The summed E-state index contributed by atoms with van der Waals surface area (Å²) in [6, 6.07) is 15.1. The quantitative estimate of drug-likeness (QED) is 0.479. The average Bonchev–Trinajstić information content (AvgIpc) is 3.42. The van der Waals surface area contributed by atoms with Gasteiger partial charge in [0.25, 0.3) is 5.91 Å². The maximum absolute atomic E-state index is 13.5. The molecule has 154 valence electrons. The molecule has 0 atom stereocenters. The molecule has 2 aromatic heterocycles. The van der Waals surface area contributed by atoms with Crippen LogP contribution in [0.2, 0.25) is 0 Å². The number of aromatic nitrogens is 1. The minimum absolute atomic E-state index is 0.224. The van der Waals surface area contributed by atoms with Gasteiger partial charge < -0.3 is 23.8 Å². The fourth-order valence-electron chi connectivity index (χ4n) is 3.38. The SMILES string of the molecule is COc1ccc(CN(Cc2ccco2)C(=O)c2cc3cc(F)ccc3[nH]2)cc1OC. The molecule has 2 aromatic carbocycles. The second-order valence-corrected chi connectivity index (χ2v) is 6.84. The number of rotatable bonds is 7. The summed E-state index contributed by atoms with van der Waals surface area (Å²) < 4.78 is 29.6. The van der Waals surface area contributed by atoms with Crippen molar-refractivity contribution in [1.29, 1.82) is 0 Å². The molecule has 0 fully saturated rings. The molecule has 6 nitrogen and oxygen atoms in total. The first-order chi connectivity index (χ1) is 14.6. The van der Waals surface area contributed by atoms with E-state index in [1.165, 1.54) is 12.1 Å². The molecule has 0 bridgehead atoms. The van der Waals surface area contributed by atoms with Crippen LogP contribution >= 0.6 is 0 Å². The second kappa shape index (κ2) is 8.32. The number of benzene rings is 2. The van der Waals surface area contributed by atoms with Crippen LogP contribution in [-0.2, 0) is 13.1 Å². The number of nitrogens with one attached hydrogen (secondary N) is 1. The highest BCUT2D eigenvalue weighted by Crippen LogP contribution is 2.29. The lowest BCUT2D eigenvalue weighted by Gasteiger charge is -2.22. The van der Waals surface area contributed by atoms with Crippen LogP contribution in [-0.4, -0.2) is 30.0 Å². The van der Waals surface area contributed by atoms with Crippen molar-refractivity contribution >= 4 is 16.8 Å². The van der Waals surface area contributed by atoms with Gasteiger partial charge in [0, 0.05) is 17.4 Å². The van der Waals surface area contributed by atoms with Gasteiger partial charge in [-0.1, -0.05) is 6.07 Å². The molecule has 0 saturated carbocycles. The minimum Gasteiger partial charge on any atom is -0.493 e. The largest absolute Gasteiger partial charge is 0.493 e. The number of methoxy groups -OCH3 is 2. The molecule has 0 spiro atoms. The zero-order chi connectivity index (χ0) is 21.1. The summed E-state index contributed by atoms with van der Waals surface area (Å²) in [4.78, 5) is 18.0. The van der Waals surface area contributed by atoms with Crippen molar-refractivity contribution in [2.45, 2.75) is 13.1 Å². The second-order valence-electron chi connectivity index (χ2n) is 6.84. The zero-order valence-corrected chi connectivity index (χ0v) is 16.6. The molecule has 0 aliphatic heterocycles. The Hall–Kier alpha value is -3.74. The first kappa shape index (κ1) is 19.6. The third-order valence-electron chi connectivity index (χ3n) is 4.85. The lowest BCUT2D eigenvalue weighted by atomic mass is 10.1. The van der Waals surface area contributed by atoms with Crippen LogP contribution in [0.4, 0.5) is 4.39 Å². The van der Waals surface area contributed by atoms with Gasteiger partial charge in [0.05, 0.1) is 27.0 Å². The summed E-state index contributed by atoms with van der Waals surface area (Å²) in [6.07, 6.45) is 1.57. The van der Waals surface area contributed by atoms with Gasteiger partial charge in [-0.25, -0.2) is 4.39 Å². The van der Waals surface area contributed by atoms with E-state index < -0.39 is 0 Å². The minimum atomic E-state index is -0.349. The van der Waals surface area contributed by atoms with E-state index in [1.807, 2.05) is 18.2 Å². The zero-order valence-electron chi connectivity index (χ0n) is 16.6. The van der Waals surface area contributed by atoms with Gasteiger partial charge in [-0.3, -0.25) is 4.79 Å². The number of hydrogen-bond donors (Lipinski definition) is 1. The smallest absolute Gasteiger partial charge is 0.271 e. The maximum atomic E-state index is 13.5. The molecule has 0 unspecified atom stereocenters. The van der Waals surface area contributed by atoms with Crippen molar-refractivity contribution in [3.63, 3.8) is 0 Å². The van der Waals surface area contributed by atoms with Crippen LogP contribution in [0, 0.1) is 5.82 Å². The Morgan fingerprint density at radius 1 is 1.03 bits per heavy atom. The van der Waals surface area contributed by atoms with E-state index >= 15 is 0 Å². The van der Waals surface area contributed by atoms with Crippen LogP contribution in [0.1, 0.15) is 21.8 Å². The molecule has 4 aromatic rings. The summed E-state index contributed by atoms with van der Waals surface area (Å²) >= 11 is 0. The molecule has 1 N–H and O–H groups in total. The molecule has 0 aliphatic rings. The Labute approximate surface area is 172 Å². The number of carbonyl (C=O) groups excluding carboxylic acids is 1. The molecule has 0 aliphatic carbocycles. The van der Waals surface area contributed by atoms with Crippen LogP contribution in [0.15, 0.2) is 65.3 Å². The van der Waals surface area contributed by atoms with E-state index in [1.54, 1.807) is 49.6 Å². The molecule has 7 heteroatoms. The Balaban J connectivity index is 1.65. The molecule has 30 heavy (non-hydrogen) atoms. The number of amides is 1. The number of nitrogens with zero attached hydrogens (tertiary/aromatic N) is 1. The van der Waals surface area contributed by atoms with E-state index in [0.29, 0.717) is 40.4 Å². The van der Waals surface area contributed by atoms with Crippen LogP contribution in [0.25, 0.3) is 10.9 Å². The fraction of sp³-hybridized carbons (Fsp3) is 0.174. The molecular weight excluding hydrogens is 387 g/mol. The molecular formula is C23H21FN2O4. The van der Waals surface area contributed by atoms with Crippen molar-refractivity contribution in [3.8, 4) is 11.5 Å². The van der Waals surface area contributed by atoms with Crippen LogP contribution in [0.5, 0.6) is 11.5 Å². The monoisotopic (exact) mass is 408 g/mol. The number of hydrogen-bond acceptors (Lipinski definition) is 4. The van der Waals surface area contributed by atoms with Gasteiger partial charge in [-0.2, -0.15) is 0 Å². The molecule has 1 amide bonds. The highest BCUT2D eigenvalue weighted by Gasteiger charge is 2.20. The van der Waals surface area contributed by atoms with E-state index in [9.17, 15) is 9.18 Å². The number of H-pyrrole nitrogens is 1. The highest BCUT2D eigenvalue weighted by molar-refractivity contribution is 5.98. The Kier molecular flexibility index (Phi) is 5.43. The van der Waals surface area contributed by atoms with Crippen molar-refractivity contribution in [2.75, 3.05) is 14.2 Å². The Morgan fingerprint density at radius 2 is 1.87 bits per heavy atom. The molecule has 2 heterocycles. The normalized spacial score (nSPS) is 10.9. The van der Waals surface area contributed by atoms with Gasteiger partial charge in [0.15, 0.2) is 11.5 Å². The maximum Gasteiger partial charge on any atom is 0.271 e.